The first kappa shape index (κ1) is 8.07. The molecule has 0 radical (unpaired) electrons. The summed E-state index contributed by atoms with van der Waals surface area (Å²) in [4.78, 5) is 2.64. The molecule has 0 amide bonds. The maximum atomic E-state index is 8.42. The normalized spacial score (nSPS) is 33.9. The third kappa shape index (κ3) is 1.34. The Kier molecular flexibility index (Phi) is 2.32. The predicted molar refractivity (Wildman–Crippen MR) is 47.6 cm³/mol. The van der Waals surface area contributed by atoms with Gasteiger partial charge in [-0.25, -0.2) is 0 Å². The van der Waals surface area contributed by atoms with E-state index in [1.54, 1.807) is 0 Å². The highest BCUT2D eigenvalue weighted by atomic mass is 15.2. The van der Waals surface area contributed by atoms with E-state index in [4.69, 9.17) is 5.26 Å². The largest absolute Gasteiger partial charge is 0.297 e. The van der Waals surface area contributed by atoms with E-state index in [0.717, 1.165) is 24.9 Å². The van der Waals surface area contributed by atoms with Crippen LogP contribution in [0.2, 0.25) is 0 Å². The topological polar surface area (TPSA) is 27.0 Å². The SMILES string of the molecule is N#CCCCN1C2CCC1CC2. The van der Waals surface area contributed by atoms with Gasteiger partial charge in [0, 0.05) is 18.5 Å². The molecule has 2 nitrogen and oxygen atoms in total. The van der Waals surface area contributed by atoms with Crippen LogP contribution < -0.4 is 0 Å². The number of hydrogen-bond acceptors (Lipinski definition) is 2. The fourth-order valence-electron chi connectivity index (χ4n) is 2.73. The molecular weight excluding hydrogens is 148 g/mol. The van der Waals surface area contributed by atoms with Gasteiger partial charge in [0.15, 0.2) is 0 Å². The van der Waals surface area contributed by atoms with Gasteiger partial charge in [-0.15, -0.1) is 0 Å². The molecule has 0 aromatic rings. The molecule has 2 bridgehead atoms. The van der Waals surface area contributed by atoms with Gasteiger partial charge in [-0.3, -0.25) is 4.90 Å². The van der Waals surface area contributed by atoms with Crippen molar-refractivity contribution in [3.8, 4) is 6.07 Å². The zero-order valence-corrected chi connectivity index (χ0v) is 7.50. The lowest BCUT2D eigenvalue weighted by molar-refractivity contribution is 0.251. The fourth-order valence-corrected chi connectivity index (χ4v) is 2.73. The molecule has 0 unspecified atom stereocenters. The van der Waals surface area contributed by atoms with Gasteiger partial charge in [-0.1, -0.05) is 0 Å². The Labute approximate surface area is 74.2 Å². The molecule has 2 heteroatoms. The van der Waals surface area contributed by atoms with Crippen LogP contribution in [0.15, 0.2) is 0 Å². The number of rotatable bonds is 3. The summed E-state index contributed by atoms with van der Waals surface area (Å²) in [6, 6.07) is 3.98. The molecule has 0 N–H and O–H groups in total. The van der Waals surface area contributed by atoms with Crippen LogP contribution in [0.4, 0.5) is 0 Å². The molecule has 0 atom stereocenters. The quantitative estimate of drug-likeness (QED) is 0.596. The first-order valence-electron chi connectivity index (χ1n) is 5.04. The molecule has 0 aromatic heterocycles. The van der Waals surface area contributed by atoms with Crippen LogP contribution in [0.25, 0.3) is 0 Å². The Hall–Kier alpha value is -0.550. The van der Waals surface area contributed by atoms with E-state index in [9.17, 15) is 0 Å². The van der Waals surface area contributed by atoms with E-state index < -0.39 is 0 Å². The van der Waals surface area contributed by atoms with Gasteiger partial charge in [-0.2, -0.15) is 5.26 Å². The lowest BCUT2D eigenvalue weighted by Gasteiger charge is -2.20. The number of nitriles is 1. The summed E-state index contributed by atoms with van der Waals surface area (Å²) >= 11 is 0. The number of fused-ring (bicyclic) bond motifs is 2. The highest BCUT2D eigenvalue weighted by Crippen LogP contribution is 2.37. The number of unbranched alkanes of at least 4 members (excludes halogenated alkanes) is 1. The Balaban J connectivity index is 1.78. The average molecular weight is 164 g/mol. The van der Waals surface area contributed by atoms with Crippen molar-refractivity contribution in [2.24, 2.45) is 0 Å². The van der Waals surface area contributed by atoms with Crippen molar-refractivity contribution in [3.63, 3.8) is 0 Å². The van der Waals surface area contributed by atoms with Crippen molar-refractivity contribution < 1.29 is 0 Å². The summed E-state index contributed by atoms with van der Waals surface area (Å²) < 4.78 is 0. The van der Waals surface area contributed by atoms with Crippen LogP contribution in [0.1, 0.15) is 38.5 Å². The Morgan fingerprint density at radius 3 is 2.25 bits per heavy atom. The van der Waals surface area contributed by atoms with Crippen LogP contribution in [-0.2, 0) is 0 Å². The van der Waals surface area contributed by atoms with E-state index in [1.165, 1.54) is 32.2 Å². The van der Waals surface area contributed by atoms with Crippen LogP contribution >= 0.6 is 0 Å². The van der Waals surface area contributed by atoms with Gasteiger partial charge < -0.3 is 0 Å². The lowest BCUT2D eigenvalue weighted by atomic mass is 10.0. The predicted octanol–water partition coefficient (Wildman–Crippen LogP) is 1.92. The van der Waals surface area contributed by atoms with E-state index in [-0.39, 0.29) is 0 Å². The van der Waals surface area contributed by atoms with E-state index >= 15 is 0 Å². The van der Waals surface area contributed by atoms with Crippen molar-refractivity contribution in [3.05, 3.63) is 0 Å². The molecule has 2 fully saturated rings. The molecule has 2 saturated heterocycles. The average Bonchev–Trinajstić information content (AvgIpc) is 2.65. The second kappa shape index (κ2) is 3.45. The maximum absolute atomic E-state index is 8.42. The van der Waals surface area contributed by atoms with Crippen molar-refractivity contribution in [2.75, 3.05) is 6.54 Å². The summed E-state index contributed by atoms with van der Waals surface area (Å²) in [7, 11) is 0. The summed E-state index contributed by atoms with van der Waals surface area (Å²) in [5.74, 6) is 0. The molecule has 2 rings (SSSR count). The van der Waals surface area contributed by atoms with Crippen molar-refractivity contribution in [1.82, 2.24) is 4.90 Å². The van der Waals surface area contributed by atoms with Crippen molar-refractivity contribution in [1.29, 1.82) is 5.26 Å². The Bertz CT molecular complexity index is 175. The minimum absolute atomic E-state index is 0.732. The molecule has 2 aliphatic rings. The van der Waals surface area contributed by atoms with Gasteiger partial charge in [0.2, 0.25) is 0 Å². The monoisotopic (exact) mass is 164 g/mol. The molecule has 0 spiro atoms. The highest BCUT2D eigenvalue weighted by molar-refractivity contribution is 4.94. The fraction of sp³-hybridized carbons (Fsp3) is 0.900. The molecule has 0 aromatic carbocycles. The van der Waals surface area contributed by atoms with E-state index in [0.29, 0.717) is 0 Å². The van der Waals surface area contributed by atoms with E-state index in [1.807, 2.05) is 0 Å². The molecule has 66 valence electrons. The third-order valence-electron chi connectivity index (χ3n) is 3.31. The highest BCUT2D eigenvalue weighted by Gasteiger charge is 2.38. The number of hydrogen-bond donors (Lipinski definition) is 0. The van der Waals surface area contributed by atoms with Gasteiger partial charge in [-0.05, 0) is 38.6 Å². The summed E-state index contributed by atoms with van der Waals surface area (Å²) in [6.07, 6.45) is 7.46. The van der Waals surface area contributed by atoms with Crippen molar-refractivity contribution >= 4 is 0 Å². The zero-order chi connectivity index (χ0) is 8.39. The molecule has 12 heavy (non-hydrogen) atoms. The molecule has 2 aliphatic heterocycles. The van der Waals surface area contributed by atoms with Gasteiger partial charge in [0.25, 0.3) is 0 Å². The standard InChI is InChI=1S/C10H16N2/c11-7-1-2-8-12-9-3-4-10(12)6-5-9/h9-10H,1-6,8H2. The number of nitrogens with zero attached hydrogens (tertiary/aromatic N) is 2. The van der Waals surface area contributed by atoms with Crippen LogP contribution in [0.5, 0.6) is 0 Å². The van der Waals surface area contributed by atoms with Crippen LogP contribution in [-0.4, -0.2) is 23.5 Å². The van der Waals surface area contributed by atoms with Crippen LogP contribution in [0, 0.1) is 11.3 Å². The second-order valence-electron chi connectivity index (χ2n) is 3.96. The van der Waals surface area contributed by atoms with Gasteiger partial charge in [0.05, 0.1) is 6.07 Å². The summed E-state index contributed by atoms with van der Waals surface area (Å²) in [5, 5.41) is 8.42. The molecule has 0 saturated carbocycles. The molecular formula is C10H16N2. The van der Waals surface area contributed by atoms with Crippen molar-refractivity contribution in [2.45, 2.75) is 50.6 Å². The maximum Gasteiger partial charge on any atom is 0.0622 e. The second-order valence-corrected chi connectivity index (χ2v) is 3.96. The summed E-state index contributed by atoms with van der Waals surface area (Å²) in [5.41, 5.74) is 0. The zero-order valence-electron chi connectivity index (χ0n) is 7.50. The van der Waals surface area contributed by atoms with E-state index in [2.05, 4.69) is 11.0 Å². The third-order valence-corrected chi connectivity index (χ3v) is 3.31. The van der Waals surface area contributed by atoms with Crippen LogP contribution in [0.3, 0.4) is 0 Å². The summed E-state index contributed by atoms with van der Waals surface area (Å²) in [6.45, 7) is 1.17. The first-order valence-corrected chi connectivity index (χ1v) is 5.04. The first-order chi connectivity index (χ1) is 5.92. The lowest BCUT2D eigenvalue weighted by Crippen LogP contribution is -2.29. The minimum atomic E-state index is 0.732. The van der Waals surface area contributed by atoms with Gasteiger partial charge in [0.1, 0.15) is 0 Å². The van der Waals surface area contributed by atoms with Gasteiger partial charge >= 0.3 is 0 Å². The minimum Gasteiger partial charge on any atom is -0.297 e. The smallest absolute Gasteiger partial charge is 0.0622 e. The molecule has 0 aliphatic carbocycles. The molecule has 2 heterocycles. The Morgan fingerprint density at radius 2 is 1.75 bits per heavy atom. The Morgan fingerprint density at radius 1 is 1.17 bits per heavy atom.